The lowest BCUT2D eigenvalue weighted by molar-refractivity contribution is -0.117. The summed E-state index contributed by atoms with van der Waals surface area (Å²) in [5, 5.41) is 0. The second-order valence-electron chi connectivity index (χ2n) is 5.28. The molecule has 0 aliphatic carbocycles. The number of benzene rings is 2. The number of nitrogens with one attached hydrogen (secondary N) is 1. The number of aryl methyl sites for hydroxylation is 1. The summed E-state index contributed by atoms with van der Waals surface area (Å²) in [6, 6.07) is 11.1. The molecule has 0 bridgehead atoms. The van der Waals surface area contributed by atoms with Crippen LogP contribution in [0.5, 0.6) is 11.5 Å². The number of sulfonamides is 1. The monoisotopic (exact) mass is 348 g/mol. The van der Waals surface area contributed by atoms with Crippen LogP contribution in [0.25, 0.3) is 0 Å². The summed E-state index contributed by atoms with van der Waals surface area (Å²) in [5.74, 6) is 0.685. The van der Waals surface area contributed by atoms with Crippen molar-refractivity contribution in [3.05, 3.63) is 48.0 Å². The third-order valence-corrected chi connectivity index (χ3v) is 4.92. The Balaban J connectivity index is 1.74. The second-order valence-corrected chi connectivity index (χ2v) is 6.97. The molecule has 0 radical (unpaired) electrons. The minimum atomic E-state index is -3.72. The number of fused-ring (bicyclic) bond motifs is 1. The Kier molecular flexibility index (Phi) is 4.30. The summed E-state index contributed by atoms with van der Waals surface area (Å²) in [5.41, 5.74) is 6.33. The third-order valence-electron chi connectivity index (χ3n) is 3.52. The Labute approximate surface area is 139 Å². The SMILES string of the molecule is NC(=O)CCc1ccc(S(=O)(=O)Nc2ccc3c(c2)OCO3)cc1. The van der Waals surface area contributed by atoms with Crippen molar-refractivity contribution in [1.82, 2.24) is 0 Å². The summed E-state index contributed by atoms with van der Waals surface area (Å²) < 4.78 is 37.8. The number of ether oxygens (including phenoxy) is 2. The van der Waals surface area contributed by atoms with Crippen molar-refractivity contribution < 1.29 is 22.7 Å². The van der Waals surface area contributed by atoms with E-state index in [2.05, 4.69) is 4.72 Å². The average molecular weight is 348 g/mol. The van der Waals surface area contributed by atoms with Gasteiger partial charge in [0.05, 0.1) is 10.6 Å². The molecule has 2 aromatic rings. The normalized spacial score (nSPS) is 12.8. The molecule has 0 saturated carbocycles. The Morgan fingerprint density at radius 2 is 1.79 bits per heavy atom. The van der Waals surface area contributed by atoms with E-state index in [4.69, 9.17) is 15.2 Å². The van der Waals surface area contributed by atoms with Crippen LogP contribution in [0.1, 0.15) is 12.0 Å². The molecule has 0 saturated heterocycles. The Hall–Kier alpha value is -2.74. The molecule has 1 aliphatic rings. The molecular formula is C16H16N2O5S. The first-order valence-corrected chi connectivity index (χ1v) is 8.72. The molecule has 0 atom stereocenters. The van der Waals surface area contributed by atoms with Crippen molar-refractivity contribution in [3.63, 3.8) is 0 Å². The number of amides is 1. The second kappa shape index (κ2) is 6.40. The minimum Gasteiger partial charge on any atom is -0.454 e. The smallest absolute Gasteiger partial charge is 0.261 e. The number of hydrogen-bond acceptors (Lipinski definition) is 5. The lowest BCUT2D eigenvalue weighted by Crippen LogP contribution is -2.13. The molecule has 8 heteroatoms. The number of carbonyl (C=O) groups excluding carboxylic acids is 1. The van der Waals surface area contributed by atoms with Gasteiger partial charge in [0.25, 0.3) is 10.0 Å². The number of rotatable bonds is 6. The van der Waals surface area contributed by atoms with Gasteiger partial charge in [-0.05, 0) is 36.2 Å². The minimum absolute atomic E-state index is 0.123. The van der Waals surface area contributed by atoms with Gasteiger partial charge in [0, 0.05) is 12.5 Å². The largest absolute Gasteiger partial charge is 0.454 e. The predicted octanol–water partition coefficient (Wildman–Crippen LogP) is 1.63. The maximum Gasteiger partial charge on any atom is 0.261 e. The lowest BCUT2D eigenvalue weighted by Gasteiger charge is -2.09. The Morgan fingerprint density at radius 1 is 1.08 bits per heavy atom. The standard InChI is InChI=1S/C16H16N2O5S/c17-16(19)8-3-11-1-5-13(6-2-11)24(20,21)18-12-4-7-14-15(9-12)23-10-22-14/h1-2,4-7,9,18H,3,8,10H2,(H2,17,19). The van der Waals surface area contributed by atoms with Crippen molar-refractivity contribution in [2.45, 2.75) is 17.7 Å². The van der Waals surface area contributed by atoms with E-state index in [-0.39, 0.29) is 18.1 Å². The van der Waals surface area contributed by atoms with E-state index in [1.165, 1.54) is 12.1 Å². The van der Waals surface area contributed by atoms with E-state index < -0.39 is 15.9 Å². The summed E-state index contributed by atoms with van der Waals surface area (Å²) in [7, 11) is -3.72. The molecule has 2 aromatic carbocycles. The quantitative estimate of drug-likeness (QED) is 0.825. The highest BCUT2D eigenvalue weighted by molar-refractivity contribution is 7.92. The van der Waals surface area contributed by atoms with Crippen LogP contribution in [0, 0.1) is 0 Å². The first-order valence-electron chi connectivity index (χ1n) is 7.24. The van der Waals surface area contributed by atoms with Crippen LogP contribution in [0.15, 0.2) is 47.4 Å². The molecule has 1 heterocycles. The van der Waals surface area contributed by atoms with Gasteiger partial charge in [0.15, 0.2) is 11.5 Å². The van der Waals surface area contributed by atoms with Crippen LogP contribution in [0.3, 0.4) is 0 Å². The molecule has 0 unspecified atom stereocenters. The molecule has 7 nitrogen and oxygen atoms in total. The van der Waals surface area contributed by atoms with E-state index >= 15 is 0 Å². The van der Waals surface area contributed by atoms with Crippen LogP contribution in [-0.4, -0.2) is 21.1 Å². The molecule has 3 N–H and O–H groups in total. The van der Waals surface area contributed by atoms with E-state index in [1.54, 1.807) is 30.3 Å². The van der Waals surface area contributed by atoms with Gasteiger partial charge in [-0.3, -0.25) is 9.52 Å². The van der Waals surface area contributed by atoms with Crippen molar-refractivity contribution in [2.75, 3.05) is 11.5 Å². The van der Waals surface area contributed by atoms with Crippen molar-refractivity contribution >= 4 is 21.6 Å². The van der Waals surface area contributed by atoms with Crippen molar-refractivity contribution in [3.8, 4) is 11.5 Å². The van der Waals surface area contributed by atoms with E-state index in [1.807, 2.05) is 0 Å². The van der Waals surface area contributed by atoms with Crippen LogP contribution >= 0.6 is 0 Å². The first kappa shape index (κ1) is 16.1. The van der Waals surface area contributed by atoms with E-state index in [0.29, 0.717) is 23.6 Å². The highest BCUT2D eigenvalue weighted by atomic mass is 32.2. The summed E-state index contributed by atoms with van der Waals surface area (Å²) in [4.78, 5) is 10.9. The fourth-order valence-electron chi connectivity index (χ4n) is 2.28. The highest BCUT2D eigenvalue weighted by Gasteiger charge is 2.18. The van der Waals surface area contributed by atoms with Crippen molar-refractivity contribution in [1.29, 1.82) is 0 Å². The summed E-state index contributed by atoms with van der Waals surface area (Å²) in [6.45, 7) is 0.123. The molecule has 3 rings (SSSR count). The molecule has 1 amide bonds. The van der Waals surface area contributed by atoms with Gasteiger partial charge in [0.2, 0.25) is 12.7 Å². The number of anilines is 1. The molecular weight excluding hydrogens is 332 g/mol. The Bertz CT molecular complexity index is 863. The summed E-state index contributed by atoms with van der Waals surface area (Å²) in [6.07, 6.45) is 0.701. The van der Waals surface area contributed by atoms with Crippen molar-refractivity contribution in [2.24, 2.45) is 5.73 Å². The average Bonchev–Trinajstić information content (AvgIpc) is 3.00. The topological polar surface area (TPSA) is 108 Å². The fourth-order valence-corrected chi connectivity index (χ4v) is 3.33. The van der Waals surface area contributed by atoms with Gasteiger partial charge >= 0.3 is 0 Å². The van der Waals surface area contributed by atoms with Gasteiger partial charge in [-0.2, -0.15) is 0 Å². The van der Waals surface area contributed by atoms with E-state index in [0.717, 1.165) is 5.56 Å². The van der Waals surface area contributed by atoms with Gasteiger partial charge in [0.1, 0.15) is 0 Å². The number of carbonyl (C=O) groups is 1. The maximum absolute atomic E-state index is 12.4. The third kappa shape index (κ3) is 3.60. The zero-order valence-electron chi connectivity index (χ0n) is 12.7. The van der Waals surface area contributed by atoms with Crippen LogP contribution < -0.4 is 19.9 Å². The zero-order valence-corrected chi connectivity index (χ0v) is 13.5. The zero-order chi connectivity index (χ0) is 17.2. The van der Waals surface area contributed by atoms with Crippen LogP contribution in [0.4, 0.5) is 5.69 Å². The molecule has 0 fully saturated rings. The van der Waals surface area contributed by atoms with Gasteiger partial charge in [-0.25, -0.2) is 8.42 Å². The number of hydrogen-bond donors (Lipinski definition) is 2. The molecule has 24 heavy (non-hydrogen) atoms. The highest BCUT2D eigenvalue weighted by Crippen LogP contribution is 2.34. The lowest BCUT2D eigenvalue weighted by atomic mass is 10.1. The first-order chi connectivity index (χ1) is 11.4. The molecule has 0 aromatic heterocycles. The predicted molar refractivity (Wildman–Crippen MR) is 87.3 cm³/mol. The fraction of sp³-hybridized carbons (Fsp3) is 0.188. The van der Waals surface area contributed by atoms with Crippen LogP contribution in [-0.2, 0) is 21.2 Å². The Morgan fingerprint density at radius 3 is 2.50 bits per heavy atom. The van der Waals surface area contributed by atoms with Gasteiger partial charge in [-0.15, -0.1) is 0 Å². The maximum atomic E-state index is 12.4. The molecule has 1 aliphatic heterocycles. The number of primary amides is 1. The molecule has 126 valence electrons. The van der Waals surface area contributed by atoms with Gasteiger partial charge < -0.3 is 15.2 Å². The number of nitrogens with two attached hydrogens (primary N) is 1. The summed E-state index contributed by atoms with van der Waals surface area (Å²) >= 11 is 0. The molecule has 0 spiro atoms. The van der Waals surface area contributed by atoms with E-state index in [9.17, 15) is 13.2 Å². The van der Waals surface area contributed by atoms with Gasteiger partial charge in [-0.1, -0.05) is 12.1 Å². The van der Waals surface area contributed by atoms with Crippen LogP contribution in [0.2, 0.25) is 0 Å².